The van der Waals surface area contributed by atoms with Crippen LogP contribution >= 0.6 is 34.8 Å². The van der Waals surface area contributed by atoms with E-state index in [4.69, 9.17) is 44.3 Å². The lowest BCUT2D eigenvalue weighted by molar-refractivity contribution is -0.148. The van der Waals surface area contributed by atoms with Crippen molar-refractivity contribution in [2.45, 2.75) is 36.9 Å². The van der Waals surface area contributed by atoms with Crippen LogP contribution in [0.5, 0.6) is 0 Å². The van der Waals surface area contributed by atoms with Gasteiger partial charge in [-0.05, 0) is 34.2 Å². The molecule has 0 saturated carbocycles. The molecular weight excluding hydrogens is 459 g/mol. The third-order valence-electron chi connectivity index (χ3n) is 5.31. The molecule has 0 amide bonds. The molecule has 0 heterocycles. The van der Waals surface area contributed by atoms with Crippen molar-refractivity contribution in [3.63, 3.8) is 0 Å². The van der Waals surface area contributed by atoms with Crippen LogP contribution in [0.2, 0.25) is 0 Å². The average Bonchev–Trinajstić information content (AvgIpc) is 3.02. The van der Waals surface area contributed by atoms with E-state index in [1.165, 1.54) is 0 Å². The summed E-state index contributed by atoms with van der Waals surface area (Å²) >= 11 is 17.0. The molecule has 0 aliphatic heterocycles. The van der Waals surface area contributed by atoms with Gasteiger partial charge in [0.15, 0.2) is 0 Å². The number of carbonyl (C=O) groups is 2. The zero-order chi connectivity index (χ0) is 22.8. The molecule has 0 radical (unpaired) electrons. The minimum absolute atomic E-state index is 0.00498. The first-order chi connectivity index (χ1) is 14.6. The summed E-state index contributed by atoms with van der Waals surface area (Å²) < 4.78 is 9.02. The maximum Gasteiger partial charge on any atom is 0.309 e. The van der Waals surface area contributed by atoms with Gasteiger partial charge in [-0.3, -0.25) is 9.59 Å². The van der Waals surface area contributed by atoms with E-state index in [9.17, 15) is 9.59 Å². The third-order valence-corrected chi connectivity index (χ3v) is 5.63. The van der Waals surface area contributed by atoms with Gasteiger partial charge in [0, 0.05) is 5.92 Å². The van der Waals surface area contributed by atoms with Crippen LogP contribution in [0.1, 0.15) is 43.4 Å². The molecule has 0 fully saturated rings. The molecule has 0 aromatic heterocycles. The van der Waals surface area contributed by atoms with Gasteiger partial charge in [-0.25, -0.2) is 0 Å². The molecule has 3 rings (SSSR count). The van der Waals surface area contributed by atoms with Crippen LogP contribution in [0.3, 0.4) is 0 Å². The normalized spacial score (nSPS) is 15.9. The average molecular weight is 484 g/mol. The zero-order valence-electron chi connectivity index (χ0n) is 17.7. The standard InChI is InChI=1S/C24H25Cl3O4/c1-14(2)22(28)30-12-21-18-7-5-4-6-17(18)20-11-16(8-9-19(20)21)10-15(3)23(29)31-13-24(25,26)27/h4-9,11,14-15,21H,10,12-13H2,1-3H3. The maximum atomic E-state index is 12.2. The highest BCUT2D eigenvalue weighted by Crippen LogP contribution is 2.45. The summed E-state index contributed by atoms with van der Waals surface area (Å²) in [6, 6.07) is 14.3. The van der Waals surface area contributed by atoms with Gasteiger partial charge >= 0.3 is 11.9 Å². The number of alkyl halides is 3. The van der Waals surface area contributed by atoms with Crippen molar-refractivity contribution in [1.29, 1.82) is 0 Å². The molecular formula is C24H25Cl3O4. The molecule has 2 atom stereocenters. The predicted octanol–water partition coefficient (Wildman–Crippen LogP) is 6.09. The van der Waals surface area contributed by atoms with Crippen LogP contribution in [0.25, 0.3) is 11.1 Å². The minimum atomic E-state index is -1.62. The van der Waals surface area contributed by atoms with Gasteiger partial charge < -0.3 is 9.47 Å². The Bertz CT molecular complexity index is 966. The van der Waals surface area contributed by atoms with E-state index in [-0.39, 0.29) is 30.3 Å². The van der Waals surface area contributed by atoms with Crippen LogP contribution < -0.4 is 0 Å². The van der Waals surface area contributed by atoms with Gasteiger partial charge in [-0.1, -0.05) is 98.0 Å². The van der Waals surface area contributed by atoms with Gasteiger partial charge in [0.25, 0.3) is 0 Å². The maximum absolute atomic E-state index is 12.2. The SMILES string of the molecule is CC(C)C(=O)OCC1c2ccccc2-c2cc(CC(C)C(=O)OCC(Cl)(Cl)Cl)ccc21. The van der Waals surface area contributed by atoms with Crippen molar-refractivity contribution in [3.8, 4) is 11.1 Å². The number of rotatable bonds is 7. The first kappa shape index (κ1) is 23.9. The fourth-order valence-corrected chi connectivity index (χ4v) is 3.89. The van der Waals surface area contributed by atoms with Gasteiger partial charge in [0.2, 0.25) is 3.79 Å². The van der Waals surface area contributed by atoms with Crippen molar-refractivity contribution >= 4 is 46.7 Å². The number of benzene rings is 2. The Morgan fingerprint density at radius 1 is 0.935 bits per heavy atom. The molecule has 31 heavy (non-hydrogen) atoms. The molecule has 2 aromatic rings. The molecule has 0 saturated heterocycles. The summed E-state index contributed by atoms with van der Waals surface area (Å²) in [6.07, 6.45) is 0.501. The summed E-state index contributed by atoms with van der Waals surface area (Å²) in [5.74, 6) is -1.17. The van der Waals surface area contributed by atoms with Crippen LogP contribution in [0.15, 0.2) is 42.5 Å². The first-order valence-electron chi connectivity index (χ1n) is 10.2. The second-order valence-electron chi connectivity index (χ2n) is 8.17. The number of carbonyl (C=O) groups excluding carboxylic acids is 2. The number of esters is 2. The highest BCUT2D eigenvalue weighted by Gasteiger charge is 2.30. The van der Waals surface area contributed by atoms with Crippen molar-refractivity contribution in [2.24, 2.45) is 11.8 Å². The summed E-state index contributed by atoms with van der Waals surface area (Å²) in [7, 11) is 0. The van der Waals surface area contributed by atoms with E-state index in [0.29, 0.717) is 13.0 Å². The highest BCUT2D eigenvalue weighted by atomic mass is 35.6. The van der Waals surface area contributed by atoms with E-state index >= 15 is 0 Å². The van der Waals surface area contributed by atoms with Crippen molar-refractivity contribution in [2.75, 3.05) is 13.2 Å². The van der Waals surface area contributed by atoms with Gasteiger partial charge in [0.1, 0.15) is 13.2 Å². The van der Waals surface area contributed by atoms with Gasteiger partial charge in [0.05, 0.1) is 11.8 Å². The molecule has 7 heteroatoms. The largest absolute Gasteiger partial charge is 0.464 e. The molecule has 2 aromatic carbocycles. The lowest BCUT2D eigenvalue weighted by Gasteiger charge is -2.16. The van der Waals surface area contributed by atoms with Crippen LogP contribution in [-0.4, -0.2) is 28.9 Å². The number of hydrogen-bond acceptors (Lipinski definition) is 4. The smallest absolute Gasteiger partial charge is 0.309 e. The Balaban J connectivity index is 1.78. The summed E-state index contributed by atoms with van der Waals surface area (Å²) in [6.45, 7) is 5.46. The second kappa shape index (κ2) is 9.81. The summed E-state index contributed by atoms with van der Waals surface area (Å²) in [5, 5.41) is 0. The molecule has 0 N–H and O–H groups in total. The van der Waals surface area contributed by atoms with Crippen molar-refractivity contribution in [1.82, 2.24) is 0 Å². The van der Waals surface area contributed by atoms with Gasteiger partial charge in [-0.15, -0.1) is 0 Å². The van der Waals surface area contributed by atoms with Crippen LogP contribution in [0, 0.1) is 11.8 Å². The van der Waals surface area contributed by atoms with E-state index in [1.807, 2.05) is 32.0 Å². The summed E-state index contributed by atoms with van der Waals surface area (Å²) in [5.41, 5.74) is 5.48. The van der Waals surface area contributed by atoms with Crippen LogP contribution in [-0.2, 0) is 25.5 Å². The molecule has 1 aliphatic rings. The molecule has 1 aliphatic carbocycles. The predicted molar refractivity (Wildman–Crippen MR) is 124 cm³/mol. The molecule has 0 spiro atoms. The van der Waals surface area contributed by atoms with E-state index in [1.54, 1.807) is 6.92 Å². The Kier molecular flexibility index (Phi) is 7.56. The quantitative estimate of drug-likeness (QED) is 0.353. The Labute approximate surface area is 197 Å². The fraction of sp³-hybridized carbons (Fsp3) is 0.417. The first-order valence-corrected chi connectivity index (χ1v) is 11.3. The fourth-order valence-electron chi connectivity index (χ4n) is 3.72. The third kappa shape index (κ3) is 5.94. The molecule has 4 nitrogen and oxygen atoms in total. The van der Waals surface area contributed by atoms with E-state index in [2.05, 4.69) is 24.3 Å². The molecule has 0 bridgehead atoms. The Hall–Kier alpha value is -1.75. The van der Waals surface area contributed by atoms with Gasteiger partial charge in [-0.2, -0.15) is 0 Å². The van der Waals surface area contributed by atoms with E-state index in [0.717, 1.165) is 27.8 Å². The topological polar surface area (TPSA) is 52.6 Å². The number of hydrogen-bond donors (Lipinski definition) is 0. The lowest BCUT2D eigenvalue weighted by atomic mass is 9.94. The molecule has 166 valence electrons. The monoisotopic (exact) mass is 482 g/mol. The zero-order valence-corrected chi connectivity index (χ0v) is 19.9. The molecule has 2 unspecified atom stereocenters. The van der Waals surface area contributed by atoms with Crippen LogP contribution in [0.4, 0.5) is 0 Å². The summed E-state index contributed by atoms with van der Waals surface area (Å²) in [4.78, 5) is 24.2. The Morgan fingerprint density at radius 2 is 1.61 bits per heavy atom. The van der Waals surface area contributed by atoms with Crippen molar-refractivity contribution < 1.29 is 19.1 Å². The number of ether oxygens (including phenoxy) is 2. The second-order valence-corrected chi connectivity index (χ2v) is 10.7. The van der Waals surface area contributed by atoms with E-state index < -0.39 is 9.76 Å². The number of halogens is 3. The number of fused-ring (bicyclic) bond motifs is 3. The minimum Gasteiger partial charge on any atom is -0.464 e. The van der Waals surface area contributed by atoms with Crippen molar-refractivity contribution in [3.05, 3.63) is 59.2 Å². The highest BCUT2D eigenvalue weighted by molar-refractivity contribution is 6.67. The lowest BCUT2D eigenvalue weighted by Crippen LogP contribution is -2.23. The Morgan fingerprint density at radius 3 is 2.29 bits per heavy atom.